The number of hydrogen-bond donors (Lipinski definition) is 2. The Morgan fingerprint density at radius 3 is 2.50 bits per heavy atom. The molecule has 106 valence electrons. The van der Waals surface area contributed by atoms with E-state index < -0.39 is 15.6 Å². The van der Waals surface area contributed by atoms with Gasteiger partial charge in [-0.15, -0.1) is 5.10 Å². The second-order valence-electron chi connectivity index (χ2n) is 4.07. The Bertz CT molecular complexity index is 766. The first-order valence-corrected chi connectivity index (χ1v) is 7.14. The summed E-state index contributed by atoms with van der Waals surface area (Å²) < 4.78 is 31.5. The van der Waals surface area contributed by atoms with Crippen LogP contribution in [-0.4, -0.2) is 25.7 Å². The topological polar surface area (TPSA) is 101 Å². The number of ether oxygens (including phenoxy) is 1. The van der Waals surface area contributed by atoms with Crippen molar-refractivity contribution >= 4 is 15.7 Å². The van der Waals surface area contributed by atoms with Crippen LogP contribution in [0.1, 0.15) is 5.56 Å². The summed E-state index contributed by atoms with van der Waals surface area (Å²) in [5.41, 5.74) is 0.392. The van der Waals surface area contributed by atoms with E-state index in [0.29, 0.717) is 0 Å². The molecule has 1 aromatic carbocycles. The van der Waals surface area contributed by atoms with Gasteiger partial charge in [0, 0.05) is 6.07 Å². The molecule has 0 bridgehead atoms. The van der Waals surface area contributed by atoms with E-state index in [2.05, 4.69) is 14.9 Å². The van der Waals surface area contributed by atoms with Gasteiger partial charge in [0.15, 0.2) is 0 Å². The van der Waals surface area contributed by atoms with Gasteiger partial charge in [0.05, 0.1) is 12.0 Å². The molecular formula is C12H13N3O4S. The average Bonchev–Trinajstić information content (AvgIpc) is 2.39. The van der Waals surface area contributed by atoms with E-state index in [1.165, 1.54) is 19.2 Å². The summed E-state index contributed by atoms with van der Waals surface area (Å²) in [7, 11) is -2.48. The Labute approximate surface area is 115 Å². The maximum Gasteiger partial charge on any atom is 0.266 e. The molecule has 0 spiro atoms. The number of methoxy groups -OCH3 is 1. The van der Waals surface area contributed by atoms with E-state index in [4.69, 9.17) is 4.74 Å². The Morgan fingerprint density at radius 2 is 1.90 bits per heavy atom. The lowest BCUT2D eigenvalue weighted by Crippen LogP contribution is -2.17. The summed E-state index contributed by atoms with van der Waals surface area (Å²) in [6.07, 6.45) is 0. The highest BCUT2D eigenvalue weighted by Crippen LogP contribution is 2.22. The van der Waals surface area contributed by atoms with Crippen LogP contribution in [0.2, 0.25) is 0 Å². The highest BCUT2D eigenvalue weighted by Gasteiger charge is 2.17. The zero-order valence-corrected chi connectivity index (χ0v) is 11.7. The van der Waals surface area contributed by atoms with E-state index in [0.717, 1.165) is 11.6 Å². The minimum Gasteiger partial charge on any atom is -0.478 e. The number of H-pyrrole nitrogens is 1. The predicted octanol–water partition coefficient (Wildman–Crippen LogP) is 0.888. The normalized spacial score (nSPS) is 11.1. The van der Waals surface area contributed by atoms with Crippen LogP contribution >= 0.6 is 0 Å². The number of nitrogens with zero attached hydrogens (tertiary/aromatic N) is 1. The molecule has 0 saturated heterocycles. The highest BCUT2D eigenvalue weighted by molar-refractivity contribution is 7.92. The van der Waals surface area contributed by atoms with E-state index in [-0.39, 0.29) is 16.5 Å². The third-order valence-electron chi connectivity index (χ3n) is 2.54. The summed E-state index contributed by atoms with van der Waals surface area (Å²) in [4.78, 5) is 11.3. The fraction of sp³-hybridized carbons (Fsp3) is 0.167. The number of aromatic nitrogens is 2. The third-order valence-corrected chi connectivity index (χ3v) is 3.92. The van der Waals surface area contributed by atoms with Gasteiger partial charge >= 0.3 is 0 Å². The number of sulfonamides is 1. The SMILES string of the molecule is COc1n[nH]c(=O)cc1NS(=O)(=O)c1ccc(C)cc1. The second kappa shape index (κ2) is 5.33. The van der Waals surface area contributed by atoms with Crippen LogP contribution in [0, 0.1) is 6.92 Å². The molecule has 0 aliphatic rings. The molecule has 2 N–H and O–H groups in total. The van der Waals surface area contributed by atoms with Crippen molar-refractivity contribution in [3.8, 4) is 5.88 Å². The Kier molecular flexibility index (Phi) is 3.75. The molecule has 0 fully saturated rings. The van der Waals surface area contributed by atoms with Crippen molar-refractivity contribution in [2.24, 2.45) is 0 Å². The van der Waals surface area contributed by atoms with E-state index in [1.807, 2.05) is 6.92 Å². The van der Waals surface area contributed by atoms with Crippen LogP contribution in [0.3, 0.4) is 0 Å². The molecule has 0 amide bonds. The fourth-order valence-electron chi connectivity index (χ4n) is 1.54. The molecule has 8 heteroatoms. The van der Waals surface area contributed by atoms with Crippen LogP contribution in [0.5, 0.6) is 5.88 Å². The van der Waals surface area contributed by atoms with Crippen LogP contribution in [0.4, 0.5) is 5.69 Å². The number of aromatic amines is 1. The van der Waals surface area contributed by atoms with E-state index >= 15 is 0 Å². The van der Waals surface area contributed by atoms with Crippen LogP contribution in [0.25, 0.3) is 0 Å². The Morgan fingerprint density at radius 1 is 1.25 bits per heavy atom. The molecular weight excluding hydrogens is 282 g/mol. The minimum absolute atomic E-state index is 0.0136. The van der Waals surface area contributed by atoms with Gasteiger partial charge in [-0.1, -0.05) is 17.7 Å². The van der Waals surface area contributed by atoms with Gasteiger partial charge in [0.1, 0.15) is 5.69 Å². The van der Waals surface area contributed by atoms with Gasteiger partial charge < -0.3 is 4.74 Å². The minimum atomic E-state index is -3.80. The molecule has 0 atom stereocenters. The van der Waals surface area contributed by atoms with Crippen molar-refractivity contribution in [2.75, 3.05) is 11.8 Å². The number of benzene rings is 1. The van der Waals surface area contributed by atoms with Crippen molar-refractivity contribution in [1.29, 1.82) is 0 Å². The van der Waals surface area contributed by atoms with E-state index in [1.54, 1.807) is 12.1 Å². The Hall–Kier alpha value is -2.35. The largest absolute Gasteiger partial charge is 0.478 e. The van der Waals surface area contributed by atoms with Gasteiger partial charge in [0.25, 0.3) is 21.5 Å². The van der Waals surface area contributed by atoms with Crippen molar-refractivity contribution in [3.05, 3.63) is 46.2 Å². The van der Waals surface area contributed by atoms with Gasteiger partial charge in [0.2, 0.25) is 0 Å². The molecule has 20 heavy (non-hydrogen) atoms. The zero-order chi connectivity index (χ0) is 14.8. The fourth-order valence-corrected chi connectivity index (χ4v) is 2.59. The van der Waals surface area contributed by atoms with Crippen molar-refractivity contribution in [1.82, 2.24) is 10.2 Å². The highest BCUT2D eigenvalue weighted by atomic mass is 32.2. The lowest BCUT2D eigenvalue weighted by molar-refractivity contribution is 0.393. The van der Waals surface area contributed by atoms with E-state index in [9.17, 15) is 13.2 Å². The maximum atomic E-state index is 12.2. The van der Waals surface area contributed by atoms with Gasteiger partial charge in [-0.25, -0.2) is 13.5 Å². The van der Waals surface area contributed by atoms with Crippen LogP contribution in [0.15, 0.2) is 40.0 Å². The van der Waals surface area contributed by atoms with Crippen LogP contribution in [-0.2, 0) is 10.0 Å². The van der Waals surface area contributed by atoms with Gasteiger partial charge in [-0.2, -0.15) is 0 Å². The first-order chi connectivity index (χ1) is 9.42. The number of nitrogens with one attached hydrogen (secondary N) is 2. The summed E-state index contributed by atoms with van der Waals surface area (Å²) in [5.74, 6) is -0.0136. The van der Waals surface area contributed by atoms with Gasteiger partial charge in [-0.05, 0) is 19.1 Å². The third kappa shape index (κ3) is 2.97. The monoisotopic (exact) mass is 295 g/mol. The molecule has 0 unspecified atom stereocenters. The first-order valence-electron chi connectivity index (χ1n) is 5.65. The molecule has 2 rings (SSSR count). The predicted molar refractivity (Wildman–Crippen MR) is 73.4 cm³/mol. The number of hydrogen-bond acceptors (Lipinski definition) is 5. The lowest BCUT2D eigenvalue weighted by Gasteiger charge is -2.10. The summed E-state index contributed by atoms with van der Waals surface area (Å²) in [6.45, 7) is 1.85. The first kappa shape index (κ1) is 14.1. The van der Waals surface area contributed by atoms with Crippen molar-refractivity contribution < 1.29 is 13.2 Å². The molecule has 0 aliphatic carbocycles. The van der Waals surface area contributed by atoms with Gasteiger partial charge in [-0.3, -0.25) is 9.52 Å². The number of anilines is 1. The lowest BCUT2D eigenvalue weighted by atomic mass is 10.2. The number of aryl methyl sites for hydroxylation is 1. The number of rotatable bonds is 4. The Balaban J connectivity index is 2.40. The molecule has 1 heterocycles. The van der Waals surface area contributed by atoms with Crippen molar-refractivity contribution in [2.45, 2.75) is 11.8 Å². The average molecular weight is 295 g/mol. The maximum absolute atomic E-state index is 12.2. The smallest absolute Gasteiger partial charge is 0.266 e. The molecule has 2 aromatic rings. The standard InChI is InChI=1S/C12H13N3O4S/c1-8-3-5-9(6-4-8)20(17,18)15-10-7-11(16)13-14-12(10)19-2/h3-7H,1-2H3,(H2,13,15,16). The summed E-state index contributed by atoms with van der Waals surface area (Å²) in [5, 5.41) is 5.76. The quantitative estimate of drug-likeness (QED) is 0.872. The summed E-state index contributed by atoms with van der Waals surface area (Å²) in [6, 6.07) is 7.39. The molecule has 0 aliphatic heterocycles. The van der Waals surface area contributed by atoms with Crippen LogP contribution < -0.4 is 15.0 Å². The molecule has 0 saturated carbocycles. The zero-order valence-electron chi connectivity index (χ0n) is 10.9. The van der Waals surface area contributed by atoms with Crippen molar-refractivity contribution in [3.63, 3.8) is 0 Å². The molecule has 1 aromatic heterocycles. The second-order valence-corrected chi connectivity index (χ2v) is 5.76. The molecule has 0 radical (unpaired) electrons. The molecule has 7 nitrogen and oxygen atoms in total. The summed E-state index contributed by atoms with van der Waals surface area (Å²) >= 11 is 0.